The van der Waals surface area contributed by atoms with E-state index in [1.54, 1.807) is 60.8 Å². The summed E-state index contributed by atoms with van der Waals surface area (Å²) in [6, 6.07) is 14.6. The van der Waals surface area contributed by atoms with Gasteiger partial charge in [0.25, 0.3) is 5.97 Å². The highest BCUT2D eigenvalue weighted by Gasteiger charge is 2.36. The predicted molar refractivity (Wildman–Crippen MR) is 285 cm³/mol. The van der Waals surface area contributed by atoms with E-state index in [0.717, 1.165) is 45.0 Å². The summed E-state index contributed by atoms with van der Waals surface area (Å²) in [4.78, 5) is 112. The molecule has 10 atom stereocenters. The first-order valence-corrected chi connectivity index (χ1v) is 26.9. The van der Waals surface area contributed by atoms with Crippen LogP contribution in [0.25, 0.3) is 10.9 Å². The van der Waals surface area contributed by atoms with Crippen molar-refractivity contribution in [1.29, 1.82) is 0 Å². The van der Waals surface area contributed by atoms with E-state index in [2.05, 4.69) is 42.2 Å². The number of carboxylic acid groups (broad SMARTS) is 1. The van der Waals surface area contributed by atoms with Crippen LogP contribution in [0.2, 0.25) is 0 Å². The largest absolute Gasteiger partial charge is 0.481 e. The van der Waals surface area contributed by atoms with E-state index in [4.69, 9.17) is 21.4 Å². The summed E-state index contributed by atoms with van der Waals surface area (Å²) in [6.07, 6.45) is -0.156. The molecule has 1 aliphatic heterocycles. The first kappa shape index (κ1) is 61.0. The third-order valence-electron chi connectivity index (χ3n) is 11.9. The Morgan fingerprint density at radius 2 is 1.28 bits per heavy atom. The topological polar surface area (TPSA) is 370 Å². The number of aromatic amines is 1. The summed E-state index contributed by atoms with van der Waals surface area (Å²) in [7, 11) is 2.06. The molecule has 3 unspecified atom stereocenters. The summed E-state index contributed by atoms with van der Waals surface area (Å²) in [5, 5.41) is 57.9. The van der Waals surface area contributed by atoms with Crippen molar-refractivity contribution in [3.8, 4) is 0 Å². The number of hydrogen-bond donors (Lipinski definition) is 14. The Balaban J connectivity index is 0.00000293. The second-order valence-electron chi connectivity index (χ2n) is 18.0. The second kappa shape index (κ2) is 31.4. The second-order valence-corrected chi connectivity index (χ2v) is 20.5. The van der Waals surface area contributed by atoms with Crippen molar-refractivity contribution < 1.29 is 58.8 Å². The molecular weight excluding hydrogens is 1010 g/mol. The van der Waals surface area contributed by atoms with Crippen LogP contribution in [0.15, 0.2) is 91.1 Å². The number of nitrogens with one attached hydrogen (secondary N) is 8. The average molecular weight is 1080 g/mol. The highest BCUT2D eigenvalue weighted by molar-refractivity contribution is 8.76. The van der Waals surface area contributed by atoms with Crippen LogP contribution in [0.5, 0.6) is 0 Å². The van der Waals surface area contributed by atoms with Crippen LogP contribution < -0.4 is 48.7 Å². The summed E-state index contributed by atoms with van der Waals surface area (Å²) in [5.41, 5.74) is 15.0. The van der Waals surface area contributed by atoms with Crippen molar-refractivity contribution >= 4 is 79.8 Å². The molecule has 0 spiro atoms. The molecule has 1 fully saturated rings. The van der Waals surface area contributed by atoms with Crippen LogP contribution in [-0.4, -0.2) is 158 Å². The molecule has 0 bridgehead atoms. The lowest BCUT2D eigenvalue weighted by molar-refractivity contribution is -0.136. The number of carboxylic acids is 1. The Bertz CT molecular complexity index is 2500. The summed E-state index contributed by atoms with van der Waals surface area (Å²) >= 11 is 0. The van der Waals surface area contributed by atoms with Gasteiger partial charge in [0.15, 0.2) is 0 Å². The molecule has 1 saturated heterocycles. The molecule has 3 aromatic carbocycles. The minimum absolute atomic E-state index is 0.0340. The predicted octanol–water partition coefficient (Wildman–Crippen LogP) is -0.714. The monoisotopic (exact) mass is 1080 g/mol. The number of aliphatic hydroxyl groups is 3. The number of amides is 7. The van der Waals surface area contributed by atoms with E-state index in [9.17, 15) is 48.9 Å². The Morgan fingerprint density at radius 3 is 1.89 bits per heavy atom. The number of hydrogen-bond acceptors (Lipinski definition) is 15. The molecule has 75 heavy (non-hydrogen) atoms. The number of para-hydroxylation sites is 1. The van der Waals surface area contributed by atoms with Gasteiger partial charge in [-0.15, -0.1) is 0 Å². The summed E-state index contributed by atoms with van der Waals surface area (Å²) < 4.78 is 0. The van der Waals surface area contributed by atoms with E-state index < -0.39 is 114 Å². The highest BCUT2D eigenvalue weighted by atomic mass is 33.1. The molecule has 16 N–H and O–H groups in total. The number of benzene rings is 3. The van der Waals surface area contributed by atoms with Crippen LogP contribution in [0.3, 0.4) is 0 Å². The molecule has 24 heteroatoms. The van der Waals surface area contributed by atoms with Crippen molar-refractivity contribution in [2.75, 3.05) is 24.7 Å². The number of unbranched alkanes of at least 4 members (excludes halogenated alkanes) is 1. The number of H-pyrrole nitrogens is 1. The molecule has 4 aromatic rings. The van der Waals surface area contributed by atoms with Crippen LogP contribution in [0, 0.1) is 0 Å². The van der Waals surface area contributed by atoms with Crippen molar-refractivity contribution in [1.82, 2.24) is 42.2 Å². The number of aliphatic carboxylic acids is 1. The first-order valence-electron chi connectivity index (χ1n) is 24.4. The van der Waals surface area contributed by atoms with Crippen LogP contribution in [-0.2, 0) is 57.6 Å². The van der Waals surface area contributed by atoms with Gasteiger partial charge in [-0.1, -0.05) is 100 Å². The van der Waals surface area contributed by atoms with Gasteiger partial charge in [0.1, 0.15) is 36.3 Å². The average Bonchev–Trinajstić information content (AvgIpc) is 3.78. The fourth-order valence-electron chi connectivity index (χ4n) is 7.73. The standard InChI is InChI=1S/C49H66N10O10S2.C2H4O2/c1-28(61)39(25-60)56-48(68)41-27-71-70-26-40(57-43(63)34(51)21-30-13-5-3-6-14-30)47(67)54-37(22-31-15-7-4-8-16-31)45(65)55-38(23-32-24-52-35-18-10-9-17-33(32)35)46(66)53-36(19-11-12-20-50)44(64)59-42(29(2)62)49(69)58-41;1-2(3)4/h3-10,13-18,24,28-29,34,36-42,52,60-62H,11-12,19-23,25-27,50-51H2,1-2H3,(H,53,66)(H,54,67)(H,55,65)(H,56,68)(H,57,63)(H,58,69)(H,59,64);1H3,(H,3,4)/t28-,29-,34-,36+,37+,38?,39-,40?,41?,42+;/m1./s1. The normalized spacial score (nSPS) is 21.9. The van der Waals surface area contributed by atoms with Gasteiger partial charge in [-0.25, -0.2) is 0 Å². The number of nitrogens with two attached hydrogens (primary N) is 2. The van der Waals surface area contributed by atoms with Gasteiger partial charge in [-0.05, 0) is 68.8 Å². The summed E-state index contributed by atoms with van der Waals surface area (Å²) in [5.74, 6) is -6.84. The minimum Gasteiger partial charge on any atom is -0.481 e. The highest BCUT2D eigenvalue weighted by Crippen LogP contribution is 2.24. The lowest BCUT2D eigenvalue weighted by atomic mass is 10.0. The van der Waals surface area contributed by atoms with Gasteiger partial charge >= 0.3 is 0 Å². The number of fused-ring (bicyclic) bond motifs is 1. The fraction of sp³-hybridized carbons (Fsp3) is 0.451. The molecule has 0 radical (unpaired) electrons. The van der Waals surface area contributed by atoms with E-state index in [0.29, 0.717) is 24.0 Å². The van der Waals surface area contributed by atoms with Crippen molar-refractivity contribution in [2.45, 2.75) is 120 Å². The van der Waals surface area contributed by atoms with Gasteiger partial charge in [-0.3, -0.25) is 38.4 Å². The van der Waals surface area contributed by atoms with Gasteiger partial charge in [0.05, 0.1) is 30.9 Å². The Labute approximate surface area is 442 Å². The Kier molecular flexibility index (Phi) is 25.5. The minimum atomic E-state index is -1.66. The Hall–Kier alpha value is -6.54. The van der Waals surface area contributed by atoms with Crippen molar-refractivity contribution in [3.05, 3.63) is 108 Å². The Morgan fingerprint density at radius 1 is 0.720 bits per heavy atom. The van der Waals surface area contributed by atoms with Crippen molar-refractivity contribution in [2.24, 2.45) is 11.5 Å². The molecule has 22 nitrogen and oxygen atoms in total. The van der Waals surface area contributed by atoms with Gasteiger partial charge in [-0.2, -0.15) is 0 Å². The molecule has 0 aliphatic carbocycles. The third kappa shape index (κ3) is 20.3. The van der Waals surface area contributed by atoms with Crippen LogP contribution in [0.1, 0.15) is 56.7 Å². The fourth-order valence-corrected chi connectivity index (χ4v) is 10.1. The quantitative estimate of drug-likeness (QED) is 0.0459. The summed E-state index contributed by atoms with van der Waals surface area (Å²) in [6.45, 7) is 3.31. The van der Waals surface area contributed by atoms with Crippen LogP contribution >= 0.6 is 21.6 Å². The number of carbonyl (C=O) groups excluding carboxylic acids is 7. The van der Waals surface area contributed by atoms with E-state index in [1.807, 2.05) is 30.3 Å². The maximum absolute atomic E-state index is 14.7. The van der Waals surface area contributed by atoms with E-state index in [1.165, 1.54) is 13.8 Å². The zero-order valence-corrected chi connectivity index (χ0v) is 43.7. The lowest BCUT2D eigenvalue weighted by Crippen LogP contribution is -2.62. The number of aromatic nitrogens is 1. The number of rotatable bonds is 17. The molecule has 7 amide bonds. The zero-order chi connectivity index (χ0) is 55.0. The number of carbonyl (C=O) groups is 8. The molecule has 1 aliphatic rings. The molecule has 0 saturated carbocycles. The first-order chi connectivity index (χ1) is 35.8. The van der Waals surface area contributed by atoms with E-state index in [-0.39, 0.29) is 43.7 Å². The maximum atomic E-state index is 14.7. The lowest BCUT2D eigenvalue weighted by Gasteiger charge is -2.29. The molecule has 1 aromatic heterocycles. The van der Waals surface area contributed by atoms with Gasteiger partial charge in [0.2, 0.25) is 41.4 Å². The molecule has 2 heterocycles. The van der Waals surface area contributed by atoms with Gasteiger partial charge < -0.3 is 74.1 Å². The molecular formula is C51H70N10O12S2. The zero-order valence-electron chi connectivity index (χ0n) is 42.0. The van der Waals surface area contributed by atoms with Crippen LogP contribution in [0.4, 0.5) is 0 Å². The molecule has 5 rings (SSSR count). The smallest absolute Gasteiger partial charge is 0.300 e. The molecule has 408 valence electrons. The maximum Gasteiger partial charge on any atom is 0.300 e. The SMILES string of the molecule is CC(=O)O.C[C@@H](O)[C@@H]1NC(=O)[C@H](CCCCN)NC(=O)C(Cc2c[nH]c3ccccc23)NC(=O)[C@H](Cc2ccccc2)NC(=O)C(NC(=O)[C@H](N)Cc2ccccc2)CSSCC(C(=O)N[C@H](CO)[C@@H](C)O)NC1=O. The number of aliphatic hydroxyl groups excluding tert-OH is 3. The van der Waals surface area contributed by atoms with E-state index >= 15 is 0 Å². The van der Waals surface area contributed by atoms with Gasteiger partial charge in [0, 0.05) is 48.4 Å². The third-order valence-corrected chi connectivity index (χ3v) is 14.3. The van der Waals surface area contributed by atoms with Crippen molar-refractivity contribution in [3.63, 3.8) is 0 Å².